The highest BCUT2D eigenvalue weighted by Gasteiger charge is 2.86. The molecule has 0 amide bonds. The van der Waals surface area contributed by atoms with Crippen LogP contribution in [0.5, 0.6) is 0 Å². The van der Waals surface area contributed by atoms with Crippen LogP contribution >= 0.6 is 34.8 Å². The van der Waals surface area contributed by atoms with Crippen LogP contribution in [0.2, 0.25) is 0 Å². The van der Waals surface area contributed by atoms with Crippen LogP contribution in [0.15, 0.2) is 0 Å². The molecule has 0 spiro atoms. The molecule has 0 aromatic rings. The topological polar surface area (TPSA) is 9.23 Å². The summed E-state index contributed by atoms with van der Waals surface area (Å²) in [4.78, 5) is 0. The minimum atomic E-state index is -7.19. The van der Waals surface area contributed by atoms with E-state index in [0.29, 0.717) is 0 Å². The van der Waals surface area contributed by atoms with Crippen molar-refractivity contribution < 1.29 is 48.6 Å². The summed E-state index contributed by atoms with van der Waals surface area (Å²) in [7, 11) is 0. The van der Waals surface area contributed by atoms with E-state index in [2.05, 4.69) is 39.5 Å². The largest absolute Gasteiger partial charge is 0.440 e. The lowest BCUT2D eigenvalue weighted by Gasteiger charge is -2.37. The van der Waals surface area contributed by atoms with Gasteiger partial charge >= 0.3 is 24.1 Å². The van der Waals surface area contributed by atoms with Gasteiger partial charge in [0, 0.05) is 0 Å². The molecule has 0 heterocycles. The summed E-state index contributed by atoms with van der Waals surface area (Å²) in [5.41, 5.74) is -10.6. The molecule has 20 heavy (non-hydrogen) atoms. The van der Waals surface area contributed by atoms with Gasteiger partial charge in [-0.2, -0.15) is 35.1 Å². The third-order valence-electron chi connectivity index (χ3n) is 1.70. The second-order valence-corrected chi connectivity index (χ2v) is 4.83. The van der Waals surface area contributed by atoms with E-state index in [-0.39, 0.29) is 0 Å². The Labute approximate surface area is 118 Å². The standard InChI is InChI=1S/C6HCl3F10O/c7-1(10)2(8,9)20-6(18,19)3(11,4(12,13)14)5(15,16)17/h1H. The van der Waals surface area contributed by atoms with Crippen molar-refractivity contribution in [3.63, 3.8) is 0 Å². The Balaban J connectivity index is 5.85. The lowest BCUT2D eigenvalue weighted by atomic mass is 10.0. The van der Waals surface area contributed by atoms with Crippen molar-refractivity contribution in [3.05, 3.63) is 0 Å². The van der Waals surface area contributed by atoms with E-state index in [1.165, 1.54) is 0 Å². The molecule has 122 valence electrons. The molecule has 0 aromatic carbocycles. The fraction of sp³-hybridized carbons (Fsp3) is 1.00. The normalized spacial score (nSPS) is 17.2. The molecular formula is C6HCl3F10O. The summed E-state index contributed by atoms with van der Waals surface area (Å²) < 4.78 is 122. The van der Waals surface area contributed by atoms with Crippen LogP contribution in [0.4, 0.5) is 43.9 Å². The second kappa shape index (κ2) is 5.40. The van der Waals surface area contributed by atoms with Crippen LogP contribution in [-0.4, -0.2) is 34.3 Å². The SMILES string of the molecule is FC(Cl)C(Cl)(Cl)OC(F)(F)C(F)(C(F)(F)F)C(F)(F)F. The molecule has 0 fully saturated rings. The number of halogens is 13. The average molecular weight is 385 g/mol. The van der Waals surface area contributed by atoms with Gasteiger partial charge in [0.1, 0.15) is 0 Å². The molecule has 0 saturated carbocycles. The highest BCUT2D eigenvalue weighted by molar-refractivity contribution is 6.50. The molecule has 0 saturated heterocycles. The van der Waals surface area contributed by atoms with Gasteiger partial charge in [-0.3, -0.25) is 4.74 Å². The minimum absolute atomic E-state index is 2.58. The Kier molecular flexibility index (Phi) is 5.43. The van der Waals surface area contributed by atoms with Crippen LogP contribution < -0.4 is 0 Å². The molecule has 0 aliphatic rings. The third-order valence-corrected chi connectivity index (χ3v) is 2.77. The maximum Gasteiger partial charge on any atom is 0.440 e. The van der Waals surface area contributed by atoms with E-state index in [0.717, 1.165) is 0 Å². The molecule has 14 heteroatoms. The molecule has 1 unspecified atom stereocenters. The van der Waals surface area contributed by atoms with Crippen LogP contribution in [-0.2, 0) is 4.74 Å². The number of hydrogen-bond acceptors (Lipinski definition) is 1. The molecule has 1 atom stereocenters. The Hall–Kier alpha value is 0.130. The first-order valence-electron chi connectivity index (χ1n) is 3.96. The van der Waals surface area contributed by atoms with Gasteiger partial charge in [-0.1, -0.05) is 34.8 Å². The minimum Gasteiger partial charge on any atom is -0.276 e. The number of hydrogen-bond donors (Lipinski definition) is 0. The zero-order valence-electron chi connectivity index (χ0n) is 8.40. The van der Waals surface area contributed by atoms with Crippen molar-refractivity contribution in [3.8, 4) is 0 Å². The molecule has 0 N–H and O–H groups in total. The molecule has 0 aliphatic carbocycles. The Morgan fingerprint density at radius 3 is 1.25 bits per heavy atom. The number of ether oxygens (including phenoxy) is 1. The fourth-order valence-electron chi connectivity index (χ4n) is 0.776. The van der Waals surface area contributed by atoms with Gasteiger partial charge in [-0.05, 0) is 0 Å². The summed E-state index contributed by atoms with van der Waals surface area (Å²) >= 11 is 13.4. The van der Waals surface area contributed by atoms with E-state index in [4.69, 9.17) is 0 Å². The van der Waals surface area contributed by atoms with E-state index >= 15 is 0 Å². The van der Waals surface area contributed by atoms with E-state index in [1.54, 1.807) is 0 Å². The number of alkyl halides is 13. The summed E-state index contributed by atoms with van der Waals surface area (Å²) in [5.74, 6) is 0. The zero-order chi connectivity index (χ0) is 16.8. The quantitative estimate of drug-likeness (QED) is 0.484. The third kappa shape index (κ3) is 3.47. The zero-order valence-corrected chi connectivity index (χ0v) is 10.7. The van der Waals surface area contributed by atoms with Crippen LogP contribution in [0.25, 0.3) is 0 Å². The van der Waals surface area contributed by atoms with Crippen molar-refractivity contribution in [2.75, 3.05) is 0 Å². The highest BCUT2D eigenvalue weighted by Crippen LogP contribution is 2.56. The van der Waals surface area contributed by atoms with E-state index in [1.807, 2.05) is 0 Å². The second-order valence-electron chi connectivity index (χ2n) is 3.14. The molecule has 0 aliphatic heterocycles. The maximum absolute atomic E-state index is 13.0. The van der Waals surface area contributed by atoms with E-state index < -0.39 is 34.3 Å². The van der Waals surface area contributed by atoms with Gasteiger partial charge in [0.25, 0.3) is 4.52 Å². The number of rotatable bonds is 4. The molecule has 0 rings (SSSR count). The lowest BCUT2D eigenvalue weighted by molar-refractivity contribution is -0.454. The molecule has 0 radical (unpaired) electrons. The Morgan fingerprint density at radius 2 is 1.05 bits per heavy atom. The molecular weight excluding hydrogens is 384 g/mol. The summed E-state index contributed by atoms with van der Waals surface area (Å²) in [6.07, 6.45) is -21.1. The monoisotopic (exact) mass is 384 g/mol. The molecule has 0 aromatic heterocycles. The average Bonchev–Trinajstić information content (AvgIpc) is 2.10. The van der Waals surface area contributed by atoms with Gasteiger partial charge in [0.2, 0.25) is 5.63 Å². The van der Waals surface area contributed by atoms with Crippen molar-refractivity contribution in [2.45, 2.75) is 34.3 Å². The van der Waals surface area contributed by atoms with Crippen LogP contribution in [0.3, 0.4) is 0 Å². The van der Waals surface area contributed by atoms with Crippen molar-refractivity contribution in [1.29, 1.82) is 0 Å². The van der Waals surface area contributed by atoms with Gasteiger partial charge in [-0.15, -0.1) is 0 Å². The first-order chi connectivity index (χ1) is 8.40. The first-order valence-corrected chi connectivity index (χ1v) is 5.15. The Morgan fingerprint density at radius 1 is 0.750 bits per heavy atom. The predicted octanol–water partition coefficient (Wildman–Crippen LogP) is 5.09. The van der Waals surface area contributed by atoms with Crippen molar-refractivity contribution in [1.82, 2.24) is 0 Å². The summed E-state index contributed by atoms with van der Waals surface area (Å²) in [6, 6.07) is 0. The van der Waals surface area contributed by atoms with Gasteiger partial charge in [0.15, 0.2) is 0 Å². The Bertz CT molecular complexity index is 334. The van der Waals surface area contributed by atoms with E-state index in [9.17, 15) is 43.9 Å². The first kappa shape index (κ1) is 20.1. The van der Waals surface area contributed by atoms with Crippen LogP contribution in [0, 0.1) is 0 Å². The van der Waals surface area contributed by atoms with Crippen molar-refractivity contribution >= 4 is 34.8 Å². The van der Waals surface area contributed by atoms with Gasteiger partial charge < -0.3 is 0 Å². The maximum atomic E-state index is 13.0. The molecule has 0 bridgehead atoms. The smallest absolute Gasteiger partial charge is 0.276 e. The van der Waals surface area contributed by atoms with Crippen molar-refractivity contribution in [2.24, 2.45) is 0 Å². The lowest BCUT2D eigenvalue weighted by Crippen LogP contribution is -2.66. The predicted molar refractivity (Wildman–Crippen MR) is 47.2 cm³/mol. The highest BCUT2D eigenvalue weighted by atomic mass is 35.5. The van der Waals surface area contributed by atoms with Crippen LogP contribution in [0.1, 0.15) is 0 Å². The van der Waals surface area contributed by atoms with Gasteiger partial charge in [0.05, 0.1) is 0 Å². The fourth-order valence-corrected chi connectivity index (χ4v) is 1.01. The summed E-state index contributed by atoms with van der Waals surface area (Å²) in [5, 5.41) is 0. The summed E-state index contributed by atoms with van der Waals surface area (Å²) in [6.45, 7) is 0. The van der Waals surface area contributed by atoms with Gasteiger partial charge in [-0.25, -0.2) is 8.78 Å². The molecule has 1 nitrogen and oxygen atoms in total.